The van der Waals surface area contributed by atoms with Gasteiger partial charge in [-0.3, -0.25) is 9.69 Å². The highest BCUT2D eigenvalue weighted by Crippen LogP contribution is 2.22. The molecular weight excluding hydrogens is 320 g/mol. The lowest BCUT2D eigenvalue weighted by molar-refractivity contribution is -0.121. The average Bonchev–Trinajstić information content (AvgIpc) is 2.57. The van der Waals surface area contributed by atoms with Crippen LogP contribution in [0.25, 0.3) is 0 Å². The van der Waals surface area contributed by atoms with E-state index in [4.69, 9.17) is 11.6 Å². The third-order valence-electron chi connectivity index (χ3n) is 4.57. The summed E-state index contributed by atoms with van der Waals surface area (Å²) in [7, 11) is 0. The van der Waals surface area contributed by atoms with E-state index in [1.165, 1.54) is 5.56 Å². The van der Waals surface area contributed by atoms with E-state index in [1.807, 2.05) is 49.4 Å². The Hall–Kier alpha value is -1.84. The minimum atomic E-state index is 0.0394. The number of carbonyl (C=O) groups excluding carboxylic acids is 1. The quantitative estimate of drug-likeness (QED) is 0.887. The molecule has 1 amide bonds. The first kappa shape index (κ1) is 17.0. The summed E-state index contributed by atoms with van der Waals surface area (Å²) in [5.41, 5.74) is 3.20. The van der Waals surface area contributed by atoms with Gasteiger partial charge in [-0.1, -0.05) is 41.9 Å². The van der Waals surface area contributed by atoms with Gasteiger partial charge >= 0.3 is 0 Å². The molecule has 1 aliphatic heterocycles. The predicted octanol–water partition coefficient (Wildman–Crippen LogP) is 4.50. The van der Waals surface area contributed by atoms with Gasteiger partial charge in [0.2, 0.25) is 5.91 Å². The van der Waals surface area contributed by atoms with Crippen molar-refractivity contribution >= 4 is 23.2 Å². The Morgan fingerprint density at radius 1 is 1.25 bits per heavy atom. The van der Waals surface area contributed by atoms with Crippen LogP contribution in [0.2, 0.25) is 5.02 Å². The molecule has 0 aliphatic carbocycles. The van der Waals surface area contributed by atoms with E-state index >= 15 is 0 Å². The monoisotopic (exact) mass is 342 g/mol. The molecule has 126 valence electrons. The normalized spacial score (nSPS) is 18.3. The summed E-state index contributed by atoms with van der Waals surface area (Å²) in [6.45, 7) is 4.68. The van der Waals surface area contributed by atoms with Crippen LogP contribution in [-0.2, 0) is 11.3 Å². The number of rotatable bonds is 4. The first-order valence-electron chi connectivity index (χ1n) is 8.45. The summed E-state index contributed by atoms with van der Waals surface area (Å²) in [5, 5.41) is 3.85. The number of nitrogens with one attached hydrogen (secondary N) is 1. The van der Waals surface area contributed by atoms with Crippen molar-refractivity contribution in [3.63, 3.8) is 0 Å². The highest BCUT2D eigenvalue weighted by molar-refractivity contribution is 6.30. The Kier molecular flexibility index (Phi) is 5.54. The molecule has 0 aromatic heterocycles. The number of piperidine rings is 1. The third-order valence-corrected chi connectivity index (χ3v) is 4.81. The predicted molar refractivity (Wildman–Crippen MR) is 99.3 cm³/mol. The number of anilines is 1. The fraction of sp³-hybridized carbons (Fsp3) is 0.350. The van der Waals surface area contributed by atoms with Gasteiger partial charge in [-0.25, -0.2) is 0 Å². The zero-order valence-corrected chi connectivity index (χ0v) is 14.7. The zero-order valence-electron chi connectivity index (χ0n) is 14.0. The van der Waals surface area contributed by atoms with Crippen LogP contribution in [0.1, 0.15) is 24.0 Å². The van der Waals surface area contributed by atoms with Crippen LogP contribution in [0.15, 0.2) is 48.5 Å². The molecule has 2 aromatic rings. The topological polar surface area (TPSA) is 32.3 Å². The van der Waals surface area contributed by atoms with Gasteiger partial charge in [0.05, 0.1) is 5.92 Å². The molecule has 3 nitrogen and oxygen atoms in total. The Morgan fingerprint density at radius 3 is 2.88 bits per heavy atom. The molecule has 0 spiro atoms. The number of hydrogen-bond acceptors (Lipinski definition) is 2. The molecule has 1 saturated heterocycles. The Morgan fingerprint density at radius 2 is 2.08 bits per heavy atom. The van der Waals surface area contributed by atoms with Crippen LogP contribution in [-0.4, -0.2) is 23.9 Å². The second-order valence-electron chi connectivity index (χ2n) is 6.51. The maximum atomic E-state index is 12.6. The highest BCUT2D eigenvalue weighted by Gasteiger charge is 2.26. The summed E-state index contributed by atoms with van der Waals surface area (Å²) in [5.74, 6) is 0.164. The SMILES string of the molecule is Cc1ccccc1NC(=O)C1CCCN(Cc2cccc(Cl)c2)C1. The fourth-order valence-electron chi connectivity index (χ4n) is 3.25. The molecule has 1 aliphatic rings. The van der Waals surface area contributed by atoms with Gasteiger partial charge in [-0.15, -0.1) is 0 Å². The standard InChI is InChI=1S/C20H23ClN2O/c1-15-6-2-3-10-19(15)22-20(24)17-8-5-11-23(14-17)13-16-7-4-9-18(21)12-16/h2-4,6-7,9-10,12,17H,5,8,11,13-14H2,1H3,(H,22,24). The van der Waals surface area contributed by atoms with E-state index in [0.29, 0.717) is 0 Å². The van der Waals surface area contributed by atoms with E-state index in [-0.39, 0.29) is 11.8 Å². The lowest BCUT2D eigenvalue weighted by Crippen LogP contribution is -2.40. The van der Waals surface area contributed by atoms with E-state index in [2.05, 4.69) is 16.3 Å². The molecule has 24 heavy (non-hydrogen) atoms. The summed E-state index contributed by atoms with van der Waals surface area (Å²) in [6, 6.07) is 15.9. The van der Waals surface area contributed by atoms with Crippen molar-refractivity contribution < 1.29 is 4.79 Å². The number of halogens is 1. The summed E-state index contributed by atoms with van der Waals surface area (Å²) < 4.78 is 0. The number of carbonyl (C=O) groups is 1. The maximum Gasteiger partial charge on any atom is 0.228 e. The molecule has 2 aromatic carbocycles. The van der Waals surface area contributed by atoms with Gasteiger partial charge in [-0.05, 0) is 55.6 Å². The van der Waals surface area contributed by atoms with Crippen molar-refractivity contribution in [2.45, 2.75) is 26.3 Å². The van der Waals surface area contributed by atoms with E-state index < -0.39 is 0 Å². The Labute approximate surface area is 148 Å². The number of likely N-dealkylation sites (tertiary alicyclic amines) is 1. The van der Waals surface area contributed by atoms with Crippen molar-refractivity contribution in [2.24, 2.45) is 5.92 Å². The molecule has 1 N–H and O–H groups in total. The molecule has 4 heteroatoms. The second-order valence-corrected chi connectivity index (χ2v) is 6.94. The van der Waals surface area contributed by atoms with Crippen LogP contribution in [0.5, 0.6) is 0 Å². The molecule has 1 unspecified atom stereocenters. The van der Waals surface area contributed by atoms with Gasteiger partial charge in [0.1, 0.15) is 0 Å². The van der Waals surface area contributed by atoms with E-state index in [1.54, 1.807) is 0 Å². The van der Waals surface area contributed by atoms with Gasteiger partial charge in [-0.2, -0.15) is 0 Å². The molecule has 0 saturated carbocycles. The molecule has 0 radical (unpaired) electrons. The van der Waals surface area contributed by atoms with Gasteiger partial charge in [0.15, 0.2) is 0 Å². The first-order chi connectivity index (χ1) is 11.6. The highest BCUT2D eigenvalue weighted by atomic mass is 35.5. The number of aryl methyl sites for hydroxylation is 1. The summed E-state index contributed by atoms with van der Waals surface area (Å²) >= 11 is 6.06. The average molecular weight is 343 g/mol. The van der Waals surface area contributed by atoms with Crippen molar-refractivity contribution in [1.82, 2.24) is 4.90 Å². The zero-order chi connectivity index (χ0) is 16.9. The summed E-state index contributed by atoms with van der Waals surface area (Å²) in [6.07, 6.45) is 2.00. The van der Waals surface area contributed by atoms with Crippen molar-refractivity contribution in [3.8, 4) is 0 Å². The summed E-state index contributed by atoms with van der Waals surface area (Å²) in [4.78, 5) is 15.0. The number of para-hydroxylation sites is 1. The lowest BCUT2D eigenvalue weighted by atomic mass is 9.96. The number of benzene rings is 2. The second kappa shape index (κ2) is 7.82. The minimum Gasteiger partial charge on any atom is -0.326 e. The van der Waals surface area contributed by atoms with Crippen LogP contribution in [0.4, 0.5) is 5.69 Å². The smallest absolute Gasteiger partial charge is 0.228 e. The molecule has 0 bridgehead atoms. The molecular formula is C20H23ClN2O. The Balaban J connectivity index is 1.60. The van der Waals surface area contributed by atoms with E-state index in [9.17, 15) is 4.79 Å². The maximum absolute atomic E-state index is 12.6. The van der Waals surface area contributed by atoms with Crippen LogP contribution in [0.3, 0.4) is 0 Å². The molecule has 1 atom stereocenters. The fourth-order valence-corrected chi connectivity index (χ4v) is 3.47. The molecule has 1 fully saturated rings. The van der Waals surface area contributed by atoms with Crippen molar-refractivity contribution in [3.05, 3.63) is 64.7 Å². The molecule has 1 heterocycles. The number of amides is 1. The van der Waals surface area contributed by atoms with E-state index in [0.717, 1.165) is 48.7 Å². The van der Waals surface area contributed by atoms with Gasteiger partial charge in [0.25, 0.3) is 0 Å². The minimum absolute atomic E-state index is 0.0394. The van der Waals surface area contributed by atoms with Crippen molar-refractivity contribution in [1.29, 1.82) is 0 Å². The number of hydrogen-bond donors (Lipinski definition) is 1. The van der Waals surface area contributed by atoms with Gasteiger partial charge in [0, 0.05) is 23.8 Å². The molecule has 3 rings (SSSR count). The Bertz CT molecular complexity index is 716. The largest absolute Gasteiger partial charge is 0.326 e. The number of nitrogens with zero attached hydrogens (tertiary/aromatic N) is 1. The van der Waals surface area contributed by atoms with Crippen LogP contribution in [0, 0.1) is 12.8 Å². The third kappa shape index (κ3) is 4.37. The first-order valence-corrected chi connectivity index (χ1v) is 8.83. The van der Waals surface area contributed by atoms with Crippen molar-refractivity contribution in [2.75, 3.05) is 18.4 Å². The lowest BCUT2D eigenvalue weighted by Gasteiger charge is -2.32. The van der Waals surface area contributed by atoms with Gasteiger partial charge < -0.3 is 5.32 Å². The van der Waals surface area contributed by atoms with Crippen LogP contribution >= 0.6 is 11.6 Å². The van der Waals surface area contributed by atoms with Crippen LogP contribution < -0.4 is 5.32 Å².